The molecule has 1 aromatic carbocycles. The molecule has 0 amide bonds. The van der Waals surface area contributed by atoms with Crippen LogP contribution in [-0.2, 0) is 6.42 Å². The second kappa shape index (κ2) is 4.58. The summed E-state index contributed by atoms with van der Waals surface area (Å²) < 4.78 is 7.29. The van der Waals surface area contributed by atoms with Gasteiger partial charge in [-0.3, -0.25) is 0 Å². The molecule has 1 aliphatic rings. The van der Waals surface area contributed by atoms with Crippen molar-refractivity contribution in [1.29, 1.82) is 0 Å². The van der Waals surface area contributed by atoms with Gasteiger partial charge < -0.3 is 10.5 Å². The van der Waals surface area contributed by atoms with Crippen molar-refractivity contribution in [3.05, 3.63) is 22.3 Å². The monoisotopic (exact) mass is 359 g/mol. The van der Waals surface area contributed by atoms with Crippen molar-refractivity contribution < 1.29 is 4.74 Å². The largest absolute Gasteiger partial charge is 0.486 e. The number of halogens is 1. The number of hydrogen-bond acceptors (Lipinski definition) is 2. The molecule has 0 saturated carbocycles. The van der Waals surface area contributed by atoms with Gasteiger partial charge in [0.25, 0.3) is 0 Å². The molecule has 1 aromatic rings. The van der Waals surface area contributed by atoms with E-state index in [2.05, 4.69) is 57.2 Å². The quantitative estimate of drug-likeness (QED) is 0.489. The summed E-state index contributed by atoms with van der Waals surface area (Å²) in [6.45, 7) is 10.8. The van der Waals surface area contributed by atoms with Crippen LogP contribution in [0.5, 0.6) is 5.75 Å². The number of hydrogen-bond donors (Lipinski definition) is 1. The van der Waals surface area contributed by atoms with Crippen molar-refractivity contribution in [2.75, 3.05) is 10.2 Å². The van der Waals surface area contributed by atoms with Gasteiger partial charge in [-0.1, -0.05) is 36.4 Å². The first-order valence-corrected chi connectivity index (χ1v) is 7.99. The highest BCUT2D eigenvalue weighted by molar-refractivity contribution is 14.1. The summed E-state index contributed by atoms with van der Waals surface area (Å²) in [6, 6.07) is 0. The lowest BCUT2D eigenvalue weighted by Gasteiger charge is -2.23. The molecule has 0 fully saturated rings. The summed E-state index contributed by atoms with van der Waals surface area (Å²) in [5.41, 5.74) is 12.2. The molecule has 3 heteroatoms. The topological polar surface area (TPSA) is 35.2 Å². The van der Waals surface area contributed by atoms with Gasteiger partial charge in [0, 0.05) is 27.7 Å². The number of fused-ring (bicyclic) bond motifs is 1. The minimum Gasteiger partial charge on any atom is -0.486 e. The van der Waals surface area contributed by atoms with E-state index in [-0.39, 0.29) is 5.60 Å². The van der Waals surface area contributed by atoms with E-state index in [0.29, 0.717) is 5.92 Å². The highest BCUT2D eigenvalue weighted by Crippen LogP contribution is 2.46. The molecule has 1 aliphatic heterocycles. The third-order valence-electron chi connectivity index (χ3n) is 3.94. The van der Waals surface area contributed by atoms with E-state index in [1.165, 1.54) is 22.3 Å². The van der Waals surface area contributed by atoms with Crippen LogP contribution < -0.4 is 10.5 Å². The van der Waals surface area contributed by atoms with Crippen LogP contribution >= 0.6 is 22.6 Å². The molecule has 2 nitrogen and oxygen atoms in total. The van der Waals surface area contributed by atoms with Crippen LogP contribution in [0.25, 0.3) is 0 Å². The summed E-state index contributed by atoms with van der Waals surface area (Å²) in [4.78, 5) is 0. The molecule has 1 atom stereocenters. The lowest BCUT2D eigenvalue weighted by atomic mass is 9.88. The molecule has 0 aliphatic carbocycles. The van der Waals surface area contributed by atoms with Gasteiger partial charge >= 0.3 is 0 Å². The van der Waals surface area contributed by atoms with E-state index in [1.807, 2.05) is 0 Å². The lowest BCUT2D eigenvalue weighted by molar-refractivity contribution is 0.145. The maximum atomic E-state index is 6.29. The minimum absolute atomic E-state index is 0.0719. The molecule has 0 radical (unpaired) electrons. The Hall–Kier alpha value is -0.450. The van der Waals surface area contributed by atoms with Gasteiger partial charge in [-0.25, -0.2) is 0 Å². The molecule has 1 heterocycles. The van der Waals surface area contributed by atoms with Crippen molar-refractivity contribution in [2.24, 2.45) is 0 Å². The molecule has 18 heavy (non-hydrogen) atoms. The molecule has 0 bridgehead atoms. The Morgan fingerprint density at radius 1 is 1.33 bits per heavy atom. The van der Waals surface area contributed by atoms with Crippen molar-refractivity contribution in [1.82, 2.24) is 0 Å². The highest BCUT2D eigenvalue weighted by Gasteiger charge is 2.38. The first-order chi connectivity index (χ1) is 8.30. The van der Waals surface area contributed by atoms with E-state index >= 15 is 0 Å². The SMILES string of the molecule is Cc1c(N)c(C)c(C(C)C)c2c1CC(C)(CI)O2. The van der Waals surface area contributed by atoms with Crippen LogP contribution in [0.1, 0.15) is 48.9 Å². The van der Waals surface area contributed by atoms with Crippen LogP contribution in [0.3, 0.4) is 0 Å². The maximum absolute atomic E-state index is 6.29. The van der Waals surface area contributed by atoms with Crippen molar-refractivity contribution >= 4 is 28.3 Å². The van der Waals surface area contributed by atoms with Crippen molar-refractivity contribution in [3.8, 4) is 5.75 Å². The number of benzene rings is 1. The normalized spacial score (nSPS) is 22.2. The predicted molar refractivity (Wildman–Crippen MR) is 86.0 cm³/mol. The van der Waals surface area contributed by atoms with E-state index in [4.69, 9.17) is 10.5 Å². The van der Waals surface area contributed by atoms with E-state index in [9.17, 15) is 0 Å². The number of nitrogens with two attached hydrogens (primary N) is 1. The lowest BCUT2D eigenvalue weighted by Crippen LogP contribution is -2.32. The number of rotatable bonds is 2. The van der Waals surface area contributed by atoms with Crippen LogP contribution in [0.15, 0.2) is 0 Å². The zero-order valence-corrected chi connectivity index (χ0v) is 14.0. The average Bonchev–Trinajstić information content (AvgIpc) is 2.65. The van der Waals surface area contributed by atoms with Crippen molar-refractivity contribution in [3.63, 3.8) is 0 Å². The predicted octanol–water partition coefficient (Wildman–Crippen LogP) is 4.14. The molecule has 2 rings (SSSR count). The number of anilines is 1. The summed E-state index contributed by atoms with van der Waals surface area (Å²) in [7, 11) is 0. The third kappa shape index (κ3) is 2.00. The third-order valence-corrected chi connectivity index (χ3v) is 5.56. The first-order valence-electron chi connectivity index (χ1n) is 6.47. The van der Waals surface area contributed by atoms with Crippen molar-refractivity contribution in [2.45, 2.75) is 52.6 Å². The minimum atomic E-state index is -0.0719. The molecular formula is C15H22INO. The molecule has 100 valence electrons. The van der Waals surface area contributed by atoms with E-state index in [0.717, 1.165) is 22.3 Å². The number of nitrogen functional groups attached to an aromatic ring is 1. The maximum Gasteiger partial charge on any atom is 0.127 e. The first kappa shape index (κ1) is 14.0. The smallest absolute Gasteiger partial charge is 0.127 e. The molecule has 0 spiro atoms. The second-order valence-electron chi connectivity index (χ2n) is 5.90. The second-order valence-corrected chi connectivity index (χ2v) is 6.66. The van der Waals surface area contributed by atoms with Gasteiger partial charge in [0.15, 0.2) is 0 Å². The van der Waals surface area contributed by atoms with Gasteiger partial charge in [0.1, 0.15) is 11.4 Å². The van der Waals surface area contributed by atoms with Gasteiger partial charge in [-0.2, -0.15) is 0 Å². The zero-order chi connectivity index (χ0) is 13.7. The summed E-state index contributed by atoms with van der Waals surface area (Å²) in [5, 5.41) is 0. The van der Waals surface area contributed by atoms with Crippen LogP contribution in [0.4, 0.5) is 5.69 Å². The number of ether oxygens (including phenoxy) is 1. The average molecular weight is 359 g/mol. The fourth-order valence-corrected chi connectivity index (χ4v) is 3.27. The molecule has 0 aromatic heterocycles. The van der Waals surface area contributed by atoms with Crippen LogP contribution in [0.2, 0.25) is 0 Å². The van der Waals surface area contributed by atoms with Gasteiger partial charge in [-0.05, 0) is 37.8 Å². The van der Waals surface area contributed by atoms with E-state index in [1.54, 1.807) is 0 Å². The molecule has 2 N–H and O–H groups in total. The summed E-state index contributed by atoms with van der Waals surface area (Å²) in [5.74, 6) is 1.55. The Morgan fingerprint density at radius 3 is 2.44 bits per heavy atom. The molecule has 1 unspecified atom stereocenters. The fraction of sp³-hybridized carbons (Fsp3) is 0.600. The van der Waals surface area contributed by atoms with E-state index < -0.39 is 0 Å². The number of alkyl halides is 1. The van der Waals surface area contributed by atoms with Crippen LogP contribution in [0, 0.1) is 13.8 Å². The van der Waals surface area contributed by atoms with Gasteiger partial charge in [0.05, 0.1) is 0 Å². The Kier molecular flexibility index (Phi) is 3.56. The zero-order valence-electron chi connectivity index (χ0n) is 11.9. The Labute approximate surface area is 123 Å². The molecule has 0 saturated heterocycles. The summed E-state index contributed by atoms with van der Waals surface area (Å²) >= 11 is 2.41. The summed E-state index contributed by atoms with van der Waals surface area (Å²) in [6.07, 6.45) is 0.974. The Morgan fingerprint density at radius 2 is 1.94 bits per heavy atom. The Bertz CT molecular complexity index is 496. The Balaban J connectivity index is 2.68. The van der Waals surface area contributed by atoms with Gasteiger partial charge in [0.2, 0.25) is 0 Å². The van der Waals surface area contributed by atoms with Crippen LogP contribution in [-0.4, -0.2) is 10.0 Å². The standard InChI is InChI=1S/C15H22INO/c1-8(2)12-10(4)13(17)9(3)11-6-15(5,7-16)18-14(11)12/h8H,6-7,17H2,1-5H3. The highest BCUT2D eigenvalue weighted by atomic mass is 127. The van der Waals surface area contributed by atoms with Gasteiger partial charge in [-0.15, -0.1) is 0 Å². The fourth-order valence-electron chi connectivity index (χ4n) is 2.85. The molecular weight excluding hydrogens is 337 g/mol.